The number of rotatable bonds is 4. The van der Waals surface area contributed by atoms with Gasteiger partial charge in [0.1, 0.15) is 15.5 Å². The molecule has 27 heavy (non-hydrogen) atoms. The number of nitrogens with one attached hydrogen (secondary N) is 1. The highest BCUT2D eigenvalue weighted by atomic mass is 32.1. The molecule has 4 rings (SSSR count). The summed E-state index contributed by atoms with van der Waals surface area (Å²) in [6, 6.07) is 11.2. The number of nitrogen functional groups attached to an aromatic ring is 1. The van der Waals surface area contributed by atoms with Crippen molar-refractivity contribution in [1.82, 2.24) is 10.3 Å². The number of fused-ring (bicyclic) bond motifs is 1. The smallest absolute Gasteiger partial charge is 0.438 e. The van der Waals surface area contributed by atoms with E-state index in [9.17, 15) is 9.59 Å². The molecule has 4 aromatic rings. The zero-order valence-corrected chi connectivity index (χ0v) is 15.3. The Morgan fingerprint density at radius 3 is 2.78 bits per heavy atom. The molecule has 0 saturated carbocycles. The van der Waals surface area contributed by atoms with E-state index in [1.807, 2.05) is 36.4 Å². The van der Waals surface area contributed by atoms with Crippen LogP contribution in [0.2, 0.25) is 0 Å². The SMILES string of the molecule is COc1ccccc1-c1ccc2c(N)c(C(=O)c3c(=O)o[nH][n+]3C)sc2n1. The summed E-state index contributed by atoms with van der Waals surface area (Å²) in [5.74, 6) is 0.189. The van der Waals surface area contributed by atoms with Crippen molar-refractivity contribution >= 4 is 33.0 Å². The summed E-state index contributed by atoms with van der Waals surface area (Å²) in [5, 5.41) is 2.98. The number of nitrogens with zero attached hydrogens (tertiary/aromatic N) is 2. The van der Waals surface area contributed by atoms with Crippen LogP contribution in [0.5, 0.6) is 5.75 Å². The van der Waals surface area contributed by atoms with Gasteiger partial charge in [0.15, 0.2) is 7.05 Å². The summed E-state index contributed by atoms with van der Waals surface area (Å²) >= 11 is 1.14. The summed E-state index contributed by atoms with van der Waals surface area (Å²) in [5.41, 5.74) is 7.11. The molecule has 1 aromatic carbocycles. The number of ether oxygens (including phenoxy) is 1. The largest absolute Gasteiger partial charge is 0.496 e. The average molecular weight is 383 g/mol. The highest BCUT2D eigenvalue weighted by Gasteiger charge is 2.31. The van der Waals surface area contributed by atoms with E-state index >= 15 is 0 Å². The summed E-state index contributed by atoms with van der Waals surface area (Å²) in [6.07, 6.45) is 0. The van der Waals surface area contributed by atoms with Crippen molar-refractivity contribution in [2.45, 2.75) is 0 Å². The lowest BCUT2D eigenvalue weighted by Gasteiger charge is -2.07. The van der Waals surface area contributed by atoms with E-state index in [0.29, 0.717) is 27.3 Å². The van der Waals surface area contributed by atoms with Crippen molar-refractivity contribution in [2.75, 3.05) is 12.8 Å². The van der Waals surface area contributed by atoms with Crippen LogP contribution < -0.4 is 20.8 Å². The minimum Gasteiger partial charge on any atom is -0.496 e. The predicted octanol–water partition coefficient (Wildman–Crippen LogP) is 1.89. The monoisotopic (exact) mass is 383 g/mol. The molecule has 0 amide bonds. The third kappa shape index (κ3) is 2.68. The first-order chi connectivity index (χ1) is 13.0. The number of pyridine rings is 1. The zero-order valence-electron chi connectivity index (χ0n) is 14.5. The Morgan fingerprint density at radius 1 is 1.30 bits per heavy atom. The molecule has 0 atom stereocenters. The quantitative estimate of drug-likeness (QED) is 0.411. The third-order valence-electron chi connectivity index (χ3n) is 4.20. The number of H-pyrrole nitrogens is 1. The number of hydrogen-bond donors (Lipinski definition) is 2. The third-order valence-corrected chi connectivity index (χ3v) is 5.32. The number of nitrogens with two attached hydrogens (primary N) is 1. The molecule has 3 heterocycles. The Labute approximate surface area is 156 Å². The highest BCUT2D eigenvalue weighted by molar-refractivity contribution is 7.21. The first-order valence-corrected chi connectivity index (χ1v) is 8.77. The number of thiophene rings is 1. The van der Waals surface area contributed by atoms with Gasteiger partial charge in [-0.05, 0) is 29.5 Å². The van der Waals surface area contributed by atoms with Gasteiger partial charge in [-0.15, -0.1) is 11.3 Å². The highest BCUT2D eigenvalue weighted by Crippen LogP contribution is 2.36. The Hall–Kier alpha value is -3.46. The summed E-state index contributed by atoms with van der Waals surface area (Å²) in [4.78, 5) is 30.0. The Bertz CT molecular complexity index is 1240. The fourth-order valence-corrected chi connectivity index (χ4v) is 3.90. The van der Waals surface area contributed by atoms with E-state index in [1.54, 1.807) is 7.11 Å². The van der Waals surface area contributed by atoms with Crippen molar-refractivity contribution in [3.05, 3.63) is 57.4 Å². The lowest BCUT2D eigenvalue weighted by atomic mass is 10.1. The van der Waals surface area contributed by atoms with E-state index in [-0.39, 0.29) is 10.6 Å². The maximum atomic E-state index is 12.8. The van der Waals surface area contributed by atoms with Crippen molar-refractivity contribution in [1.29, 1.82) is 0 Å². The van der Waals surface area contributed by atoms with E-state index in [4.69, 9.17) is 10.5 Å². The fourth-order valence-electron chi connectivity index (χ4n) is 2.87. The molecular weight excluding hydrogens is 368 g/mol. The van der Waals surface area contributed by atoms with Crippen molar-refractivity contribution in [2.24, 2.45) is 7.05 Å². The first-order valence-electron chi connectivity index (χ1n) is 7.96. The number of methoxy groups -OCH3 is 1. The van der Waals surface area contributed by atoms with E-state index in [1.165, 1.54) is 11.7 Å². The second-order valence-corrected chi connectivity index (χ2v) is 6.81. The number of aromatic nitrogens is 3. The van der Waals surface area contributed by atoms with Crippen LogP contribution in [0.1, 0.15) is 15.4 Å². The van der Waals surface area contributed by atoms with Crippen molar-refractivity contribution in [3.8, 4) is 17.0 Å². The van der Waals surface area contributed by atoms with Gasteiger partial charge >= 0.3 is 11.3 Å². The standard InChI is InChI=1S/C18H14N4O4S/c1-22-14(18(24)26-21-22)15(23)16-13(19)10-7-8-11(20-17(10)27-16)9-5-3-4-6-12(9)25-2/h3-8H,1-2H3,(H2-,19,21,23,24)/p+1. The fraction of sp³-hybridized carbons (Fsp3) is 0.111. The van der Waals surface area contributed by atoms with Crippen LogP contribution in [0.15, 0.2) is 45.7 Å². The summed E-state index contributed by atoms with van der Waals surface area (Å²) in [7, 11) is 3.11. The number of anilines is 1. The molecule has 0 aliphatic heterocycles. The van der Waals surface area contributed by atoms with E-state index in [2.05, 4.69) is 14.8 Å². The number of carbonyl (C=O) groups excluding carboxylic acids is 1. The lowest BCUT2D eigenvalue weighted by Crippen LogP contribution is -2.39. The Morgan fingerprint density at radius 2 is 2.07 bits per heavy atom. The molecule has 0 spiro atoms. The molecule has 8 nitrogen and oxygen atoms in total. The number of para-hydroxylation sites is 1. The van der Waals surface area contributed by atoms with Crippen LogP contribution in [0.4, 0.5) is 5.69 Å². The molecule has 3 N–H and O–H groups in total. The Balaban J connectivity index is 1.85. The topological polar surface area (TPSA) is 115 Å². The van der Waals surface area contributed by atoms with Crippen molar-refractivity contribution < 1.29 is 18.7 Å². The molecule has 9 heteroatoms. The molecule has 0 aliphatic rings. The van der Waals surface area contributed by atoms with Gasteiger partial charge in [0.2, 0.25) is 0 Å². The normalized spacial score (nSPS) is 11.0. The molecule has 0 unspecified atom stereocenters. The molecular formula is C18H15N4O4S+. The van der Waals surface area contributed by atoms with Gasteiger partial charge in [0, 0.05) is 10.9 Å². The van der Waals surface area contributed by atoms with Crippen LogP contribution in [-0.4, -0.2) is 23.1 Å². The number of aryl methyl sites for hydroxylation is 1. The molecule has 0 saturated heterocycles. The van der Waals surface area contributed by atoms with Crippen LogP contribution in [0, 0.1) is 0 Å². The van der Waals surface area contributed by atoms with Crippen LogP contribution in [-0.2, 0) is 7.05 Å². The second kappa shape index (κ2) is 6.36. The van der Waals surface area contributed by atoms with Gasteiger partial charge in [0.05, 0.1) is 18.5 Å². The van der Waals surface area contributed by atoms with Crippen LogP contribution in [0.3, 0.4) is 0 Å². The minimum absolute atomic E-state index is 0.127. The van der Waals surface area contributed by atoms with Gasteiger partial charge in [-0.2, -0.15) is 0 Å². The second-order valence-electron chi connectivity index (χ2n) is 5.81. The maximum absolute atomic E-state index is 12.8. The predicted molar refractivity (Wildman–Crippen MR) is 100.0 cm³/mol. The molecule has 0 fully saturated rings. The van der Waals surface area contributed by atoms with Gasteiger partial charge in [-0.1, -0.05) is 16.8 Å². The number of benzene rings is 1. The first kappa shape index (κ1) is 17.0. The van der Waals surface area contributed by atoms with Gasteiger partial charge in [0.25, 0.3) is 5.78 Å². The van der Waals surface area contributed by atoms with Gasteiger partial charge in [-0.25, -0.2) is 9.78 Å². The number of hydrogen-bond acceptors (Lipinski definition) is 7. The van der Waals surface area contributed by atoms with Crippen LogP contribution in [0.25, 0.3) is 21.5 Å². The molecule has 0 radical (unpaired) electrons. The lowest BCUT2D eigenvalue weighted by molar-refractivity contribution is -0.741. The summed E-state index contributed by atoms with van der Waals surface area (Å²) in [6.45, 7) is 0. The molecule has 136 valence electrons. The number of ketones is 1. The van der Waals surface area contributed by atoms with Gasteiger partial charge in [-0.3, -0.25) is 9.32 Å². The zero-order chi connectivity index (χ0) is 19.1. The van der Waals surface area contributed by atoms with E-state index in [0.717, 1.165) is 16.9 Å². The minimum atomic E-state index is -0.748. The average Bonchev–Trinajstić information content (AvgIpc) is 3.20. The number of aromatic amines is 1. The van der Waals surface area contributed by atoms with Crippen LogP contribution >= 0.6 is 11.3 Å². The molecule has 0 bridgehead atoms. The number of carbonyl (C=O) groups is 1. The Kier molecular flexibility index (Phi) is 4.00. The molecule has 0 aliphatic carbocycles. The maximum Gasteiger partial charge on any atom is 0.438 e. The van der Waals surface area contributed by atoms with E-state index < -0.39 is 11.4 Å². The molecule has 3 aromatic heterocycles. The van der Waals surface area contributed by atoms with Crippen molar-refractivity contribution in [3.63, 3.8) is 0 Å². The summed E-state index contributed by atoms with van der Waals surface area (Å²) < 4.78 is 11.3. The van der Waals surface area contributed by atoms with Gasteiger partial charge < -0.3 is 10.5 Å².